The molecule has 0 bridgehead atoms. The average Bonchev–Trinajstić information content (AvgIpc) is 2.04. The zero-order valence-electron chi connectivity index (χ0n) is 7.25. The van der Waals surface area contributed by atoms with E-state index in [2.05, 4.69) is 59.6 Å². The predicted octanol–water partition coefficient (Wildman–Crippen LogP) is 2.49. The predicted molar refractivity (Wildman–Crippen MR) is 53.2 cm³/mol. The molecule has 0 aliphatic heterocycles. The topological polar surface area (TPSA) is 0 Å². The molecule has 0 saturated carbocycles. The van der Waals surface area contributed by atoms with E-state index in [4.69, 9.17) is 0 Å². The van der Waals surface area contributed by atoms with E-state index >= 15 is 0 Å². The van der Waals surface area contributed by atoms with Crippen molar-refractivity contribution in [3.8, 4) is 0 Å². The first-order valence-electron chi connectivity index (χ1n) is 4.25. The molecule has 1 aliphatic carbocycles. The van der Waals surface area contributed by atoms with Crippen LogP contribution in [0.25, 0.3) is 6.08 Å². The van der Waals surface area contributed by atoms with Crippen molar-refractivity contribution in [3.63, 3.8) is 0 Å². The lowest BCUT2D eigenvalue weighted by atomic mass is 9.87. The summed E-state index contributed by atoms with van der Waals surface area (Å²) in [6.07, 6.45) is 5.57. The van der Waals surface area contributed by atoms with Crippen molar-refractivity contribution in [2.45, 2.75) is 17.6 Å². The molecular formula is C11H11Al. The summed E-state index contributed by atoms with van der Waals surface area (Å²) >= 11 is 2.94. The smallest absolute Gasteiger partial charge is 0.0844 e. The number of hydrogen-bond acceptors (Lipinski definition) is 0. The van der Waals surface area contributed by atoms with Crippen molar-refractivity contribution in [3.05, 3.63) is 41.5 Å². The Morgan fingerprint density at radius 1 is 1.33 bits per heavy atom. The lowest BCUT2D eigenvalue weighted by molar-refractivity contribution is 0.681. The van der Waals surface area contributed by atoms with Gasteiger partial charge in [-0.25, -0.2) is 0 Å². The van der Waals surface area contributed by atoms with Crippen LogP contribution in [0, 0.1) is 0 Å². The van der Waals surface area contributed by atoms with Gasteiger partial charge in [0, 0.05) is 0 Å². The van der Waals surface area contributed by atoms with Gasteiger partial charge in [0.05, 0.1) is 0 Å². The van der Waals surface area contributed by atoms with Gasteiger partial charge in [0.2, 0.25) is 0 Å². The molecule has 0 saturated heterocycles. The summed E-state index contributed by atoms with van der Waals surface area (Å²) in [7, 11) is 0. The molecule has 58 valence electrons. The molecule has 2 radical (unpaired) electrons. The average molecular weight is 170 g/mol. The summed E-state index contributed by atoms with van der Waals surface area (Å²) < 4.78 is 0.241. The van der Waals surface area contributed by atoms with Gasteiger partial charge in [-0.3, -0.25) is 0 Å². The second-order valence-corrected chi connectivity index (χ2v) is 4.89. The Labute approximate surface area is 81.7 Å². The number of benzene rings is 1. The van der Waals surface area contributed by atoms with Gasteiger partial charge >= 0.3 is 0 Å². The molecule has 2 rings (SSSR count). The van der Waals surface area contributed by atoms with Gasteiger partial charge in [-0.1, -0.05) is 53.2 Å². The first-order chi connectivity index (χ1) is 5.70. The largest absolute Gasteiger partial charge is 0.137 e. The van der Waals surface area contributed by atoms with Gasteiger partial charge in [0.25, 0.3) is 0 Å². The highest BCUT2D eigenvalue weighted by molar-refractivity contribution is 6.16. The van der Waals surface area contributed by atoms with Gasteiger partial charge in [-0.2, -0.15) is 0 Å². The van der Waals surface area contributed by atoms with E-state index in [1.54, 1.807) is 0 Å². The van der Waals surface area contributed by atoms with E-state index in [0.29, 0.717) is 0 Å². The fourth-order valence-electron chi connectivity index (χ4n) is 1.70. The van der Waals surface area contributed by atoms with Gasteiger partial charge in [-0.05, 0) is 12.0 Å². The second kappa shape index (κ2) is 2.76. The summed E-state index contributed by atoms with van der Waals surface area (Å²) in [5, 5.41) is 0. The van der Waals surface area contributed by atoms with Crippen molar-refractivity contribution < 1.29 is 0 Å². The first kappa shape index (κ1) is 8.11. The monoisotopic (exact) mass is 170 g/mol. The van der Waals surface area contributed by atoms with E-state index in [1.165, 1.54) is 11.1 Å². The van der Waals surface area contributed by atoms with Crippen LogP contribution in [-0.4, -0.2) is 16.3 Å². The van der Waals surface area contributed by atoms with Crippen molar-refractivity contribution in [1.29, 1.82) is 0 Å². The standard InChI is InChI=1S/C11H11.Al/c1-9-5-4-7-10-6-2-3-8-11(9)10;/h2-4,6-8H,5H2,1H3;. The molecule has 0 fully saturated rings. The van der Waals surface area contributed by atoms with Gasteiger partial charge < -0.3 is 0 Å². The summed E-state index contributed by atoms with van der Waals surface area (Å²) in [5.74, 6) is 0. The van der Waals surface area contributed by atoms with Crippen molar-refractivity contribution in [2.75, 3.05) is 0 Å². The van der Waals surface area contributed by atoms with Crippen LogP contribution in [0.3, 0.4) is 0 Å². The molecule has 1 heteroatoms. The number of fused-ring (bicyclic) bond motifs is 1. The highest BCUT2D eigenvalue weighted by atomic mass is 27.0. The maximum Gasteiger partial charge on any atom is 0.137 e. The third-order valence-corrected chi connectivity index (χ3v) is 2.96. The lowest BCUT2D eigenvalue weighted by Crippen LogP contribution is -2.24. The van der Waals surface area contributed by atoms with Crippen LogP contribution >= 0.6 is 0 Å². The molecule has 0 nitrogen and oxygen atoms in total. The van der Waals surface area contributed by atoms with Crippen LogP contribution in [0.15, 0.2) is 30.3 Å². The summed E-state index contributed by atoms with van der Waals surface area (Å²) in [6, 6.07) is 8.59. The van der Waals surface area contributed by atoms with Crippen LogP contribution in [-0.2, 0) is 4.28 Å². The normalized spacial score (nSPS) is 26.8. The third-order valence-electron chi connectivity index (χ3n) is 2.42. The van der Waals surface area contributed by atoms with Crippen LogP contribution in [0.4, 0.5) is 0 Å². The van der Waals surface area contributed by atoms with E-state index in [1.807, 2.05) is 0 Å². The minimum absolute atomic E-state index is 0.241. The summed E-state index contributed by atoms with van der Waals surface area (Å²) in [6.45, 7) is 2.26. The molecule has 1 aromatic rings. The molecule has 0 amide bonds. The lowest BCUT2D eigenvalue weighted by Gasteiger charge is -2.30. The molecule has 12 heavy (non-hydrogen) atoms. The van der Waals surface area contributed by atoms with Gasteiger partial charge in [0.1, 0.15) is 16.3 Å². The van der Waals surface area contributed by atoms with Crippen LogP contribution in [0.1, 0.15) is 24.5 Å². The number of allylic oxidation sites excluding steroid dienone is 1. The van der Waals surface area contributed by atoms with Crippen LogP contribution < -0.4 is 0 Å². The van der Waals surface area contributed by atoms with E-state index in [0.717, 1.165) is 6.42 Å². The molecule has 1 unspecified atom stereocenters. The fraction of sp³-hybridized carbons (Fsp3) is 0.273. The quantitative estimate of drug-likeness (QED) is 0.525. The zero-order valence-corrected chi connectivity index (χ0v) is 8.40. The SMILES string of the molecule is C[C]1([Al])CC=Cc2ccccc21. The minimum Gasteiger partial charge on any atom is -0.0844 e. The molecule has 0 heterocycles. The maximum absolute atomic E-state index is 2.94. The van der Waals surface area contributed by atoms with Crippen LogP contribution in [0.2, 0.25) is 0 Å². The van der Waals surface area contributed by atoms with E-state index in [-0.39, 0.29) is 4.28 Å². The van der Waals surface area contributed by atoms with Gasteiger partial charge in [-0.15, -0.1) is 0 Å². The Morgan fingerprint density at radius 3 is 2.83 bits per heavy atom. The highest BCUT2D eigenvalue weighted by Gasteiger charge is 2.21. The Morgan fingerprint density at radius 2 is 2.08 bits per heavy atom. The highest BCUT2D eigenvalue weighted by Crippen LogP contribution is 2.32. The Balaban J connectivity index is 2.60. The molecule has 1 aliphatic rings. The Hall–Kier alpha value is -0.508. The van der Waals surface area contributed by atoms with Gasteiger partial charge in [0.15, 0.2) is 0 Å². The molecule has 0 N–H and O–H groups in total. The van der Waals surface area contributed by atoms with Crippen molar-refractivity contribution in [1.82, 2.24) is 0 Å². The molecule has 0 aromatic heterocycles. The minimum atomic E-state index is 0.241. The molecule has 0 spiro atoms. The Kier molecular flexibility index (Phi) is 1.87. The Bertz CT molecular complexity index is 324. The van der Waals surface area contributed by atoms with E-state index in [9.17, 15) is 0 Å². The van der Waals surface area contributed by atoms with Crippen molar-refractivity contribution in [2.24, 2.45) is 0 Å². The second-order valence-electron chi connectivity index (χ2n) is 3.61. The summed E-state index contributed by atoms with van der Waals surface area (Å²) in [5.41, 5.74) is 2.80. The van der Waals surface area contributed by atoms with Crippen molar-refractivity contribution >= 4 is 22.4 Å². The zero-order chi connectivity index (χ0) is 8.60. The fourth-order valence-corrected chi connectivity index (χ4v) is 2.10. The third kappa shape index (κ3) is 1.24. The van der Waals surface area contributed by atoms with Crippen LogP contribution in [0.5, 0.6) is 0 Å². The first-order valence-corrected chi connectivity index (χ1v) is 4.83. The van der Waals surface area contributed by atoms with E-state index < -0.39 is 0 Å². The molecular weight excluding hydrogens is 159 g/mol. The summed E-state index contributed by atoms with van der Waals surface area (Å²) in [4.78, 5) is 0. The maximum atomic E-state index is 2.94. The number of rotatable bonds is 0. The number of hydrogen-bond donors (Lipinski definition) is 0. The molecule has 1 atom stereocenters. The molecule has 1 aromatic carbocycles.